The van der Waals surface area contributed by atoms with Gasteiger partial charge in [-0.1, -0.05) is 23.7 Å². The molecule has 1 aromatic heterocycles. The Morgan fingerprint density at radius 1 is 1.24 bits per heavy atom. The van der Waals surface area contributed by atoms with E-state index in [-0.39, 0.29) is 11.8 Å². The van der Waals surface area contributed by atoms with Gasteiger partial charge in [0.15, 0.2) is 17.3 Å². The maximum Gasteiger partial charge on any atom is 0.246 e. The summed E-state index contributed by atoms with van der Waals surface area (Å²) in [5.74, 6) is 2.18. The Kier molecular flexibility index (Phi) is 4.36. The number of fused-ring (bicyclic) bond motifs is 3. The molecule has 6 nitrogen and oxygen atoms in total. The maximum atomic E-state index is 10.4. The SMILES string of the molecule is CCOc1cccc2c1O[C@H](c1ccco1)N1N=C(c3cc(Cl)ccc3O)C[C@@H]21. The summed E-state index contributed by atoms with van der Waals surface area (Å²) in [6.45, 7) is 2.48. The summed E-state index contributed by atoms with van der Waals surface area (Å²) in [5.41, 5.74) is 2.34. The number of hydrogen-bond donors (Lipinski definition) is 1. The lowest BCUT2D eigenvalue weighted by molar-refractivity contribution is -0.0344. The van der Waals surface area contributed by atoms with Gasteiger partial charge in [-0.3, -0.25) is 0 Å². The molecule has 0 aliphatic carbocycles. The molecule has 0 fully saturated rings. The van der Waals surface area contributed by atoms with Crippen molar-refractivity contribution in [1.82, 2.24) is 5.01 Å². The molecule has 2 aliphatic rings. The zero-order chi connectivity index (χ0) is 20.0. The third-order valence-electron chi connectivity index (χ3n) is 5.14. The minimum atomic E-state index is -0.539. The molecule has 0 spiro atoms. The van der Waals surface area contributed by atoms with E-state index in [0.717, 1.165) is 11.3 Å². The molecular weight excluding hydrogens is 392 g/mol. The van der Waals surface area contributed by atoms with Crippen molar-refractivity contribution in [1.29, 1.82) is 0 Å². The van der Waals surface area contributed by atoms with Crippen LogP contribution in [0.15, 0.2) is 64.3 Å². The molecular formula is C22H19ClN2O4. The third-order valence-corrected chi connectivity index (χ3v) is 5.37. The van der Waals surface area contributed by atoms with Crippen LogP contribution in [0.5, 0.6) is 17.2 Å². The monoisotopic (exact) mass is 410 g/mol. The van der Waals surface area contributed by atoms with Crippen LogP contribution >= 0.6 is 11.6 Å². The first-order valence-corrected chi connectivity index (χ1v) is 9.84. The number of nitrogens with zero attached hydrogens (tertiary/aromatic N) is 2. The van der Waals surface area contributed by atoms with Crippen molar-refractivity contribution in [3.8, 4) is 17.2 Å². The Bertz CT molecular complexity index is 1080. The summed E-state index contributed by atoms with van der Waals surface area (Å²) < 4.78 is 17.8. The summed E-state index contributed by atoms with van der Waals surface area (Å²) in [6, 6.07) is 14.4. The number of hydrazone groups is 1. The second-order valence-corrected chi connectivity index (χ2v) is 7.34. The van der Waals surface area contributed by atoms with Crippen molar-refractivity contribution in [3.63, 3.8) is 0 Å². The minimum Gasteiger partial charge on any atom is -0.507 e. The molecule has 2 atom stereocenters. The molecule has 3 aromatic rings. The van der Waals surface area contributed by atoms with Gasteiger partial charge in [0.2, 0.25) is 6.23 Å². The van der Waals surface area contributed by atoms with Crippen molar-refractivity contribution < 1.29 is 19.0 Å². The van der Waals surface area contributed by atoms with Crippen molar-refractivity contribution in [3.05, 3.63) is 76.7 Å². The lowest BCUT2D eigenvalue weighted by atomic mass is 9.95. The lowest BCUT2D eigenvalue weighted by Gasteiger charge is -2.37. The molecule has 0 saturated heterocycles. The van der Waals surface area contributed by atoms with Gasteiger partial charge < -0.3 is 19.0 Å². The van der Waals surface area contributed by atoms with Crippen LogP contribution in [0.25, 0.3) is 0 Å². The van der Waals surface area contributed by atoms with Crippen LogP contribution < -0.4 is 9.47 Å². The highest BCUT2D eigenvalue weighted by Crippen LogP contribution is 2.51. The van der Waals surface area contributed by atoms with Gasteiger partial charge in [0.05, 0.1) is 24.6 Å². The average Bonchev–Trinajstić information content (AvgIpc) is 3.40. The molecule has 3 heterocycles. The van der Waals surface area contributed by atoms with E-state index in [0.29, 0.717) is 40.9 Å². The van der Waals surface area contributed by atoms with Crippen molar-refractivity contribution in [2.24, 2.45) is 5.10 Å². The summed E-state index contributed by atoms with van der Waals surface area (Å²) >= 11 is 6.16. The molecule has 7 heteroatoms. The molecule has 0 saturated carbocycles. The number of hydrogen-bond acceptors (Lipinski definition) is 6. The van der Waals surface area contributed by atoms with E-state index in [2.05, 4.69) is 0 Å². The number of rotatable bonds is 4. The van der Waals surface area contributed by atoms with Crippen LogP contribution in [0.3, 0.4) is 0 Å². The number of phenols is 1. The van der Waals surface area contributed by atoms with E-state index < -0.39 is 6.23 Å². The fraction of sp³-hybridized carbons (Fsp3) is 0.227. The number of para-hydroxylation sites is 1. The molecule has 1 N–H and O–H groups in total. The summed E-state index contributed by atoms with van der Waals surface area (Å²) in [6.07, 6.45) is 1.67. The van der Waals surface area contributed by atoms with Gasteiger partial charge in [0.25, 0.3) is 0 Å². The van der Waals surface area contributed by atoms with Gasteiger partial charge in [-0.15, -0.1) is 0 Å². The van der Waals surface area contributed by atoms with Gasteiger partial charge in [-0.05, 0) is 43.3 Å². The second kappa shape index (κ2) is 7.04. The number of phenolic OH excluding ortho intramolecular Hbond substituents is 1. The number of aromatic hydroxyl groups is 1. The molecule has 0 unspecified atom stereocenters. The Balaban J connectivity index is 1.62. The third kappa shape index (κ3) is 3.00. The van der Waals surface area contributed by atoms with Crippen LogP contribution in [0.4, 0.5) is 0 Å². The van der Waals surface area contributed by atoms with E-state index in [1.54, 1.807) is 24.5 Å². The molecule has 0 radical (unpaired) electrons. The quantitative estimate of drug-likeness (QED) is 0.633. The van der Waals surface area contributed by atoms with E-state index in [4.69, 9.17) is 30.6 Å². The first-order chi connectivity index (χ1) is 14.2. The predicted octanol–water partition coefficient (Wildman–Crippen LogP) is 5.28. The highest BCUT2D eigenvalue weighted by molar-refractivity contribution is 6.31. The molecule has 2 aliphatic heterocycles. The van der Waals surface area contributed by atoms with Gasteiger partial charge in [0.1, 0.15) is 5.75 Å². The standard InChI is InChI=1S/C22H19ClN2O4/c1-2-27-19-6-3-5-14-17-12-16(15-11-13(23)8-9-18(15)26)24-25(17)22(29-21(14)19)20-7-4-10-28-20/h3-11,17,22,26H,2,12H2,1H3/t17-,22+/m0/s1. The molecule has 29 heavy (non-hydrogen) atoms. The highest BCUT2D eigenvalue weighted by atomic mass is 35.5. The van der Waals surface area contributed by atoms with E-state index in [1.165, 1.54) is 0 Å². The van der Waals surface area contributed by atoms with Crippen molar-refractivity contribution >= 4 is 17.3 Å². The van der Waals surface area contributed by atoms with E-state index in [9.17, 15) is 5.11 Å². The van der Waals surface area contributed by atoms with Crippen molar-refractivity contribution in [2.45, 2.75) is 25.6 Å². The van der Waals surface area contributed by atoms with E-state index >= 15 is 0 Å². The van der Waals surface area contributed by atoms with Crippen molar-refractivity contribution in [2.75, 3.05) is 6.61 Å². The smallest absolute Gasteiger partial charge is 0.246 e. The molecule has 2 aromatic carbocycles. The second-order valence-electron chi connectivity index (χ2n) is 6.90. The fourth-order valence-electron chi connectivity index (χ4n) is 3.87. The Morgan fingerprint density at radius 2 is 2.14 bits per heavy atom. The largest absolute Gasteiger partial charge is 0.507 e. The summed E-state index contributed by atoms with van der Waals surface area (Å²) in [4.78, 5) is 0. The first kappa shape index (κ1) is 17.9. The molecule has 5 rings (SSSR count). The summed E-state index contributed by atoms with van der Waals surface area (Å²) in [7, 11) is 0. The number of furan rings is 1. The highest BCUT2D eigenvalue weighted by Gasteiger charge is 2.43. The Hall–Kier alpha value is -3.12. The Labute approximate surface area is 172 Å². The number of ether oxygens (including phenoxy) is 2. The van der Waals surface area contributed by atoms with E-state index in [1.807, 2.05) is 42.3 Å². The predicted molar refractivity (Wildman–Crippen MR) is 109 cm³/mol. The lowest BCUT2D eigenvalue weighted by Crippen LogP contribution is -2.33. The van der Waals surface area contributed by atoms with Crippen LogP contribution in [-0.2, 0) is 0 Å². The molecule has 0 bridgehead atoms. The van der Waals surface area contributed by atoms with Gasteiger partial charge in [0, 0.05) is 22.6 Å². The summed E-state index contributed by atoms with van der Waals surface area (Å²) in [5, 5.41) is 17.6. The van der Waals surface area contributed by atoms with Gasteiger partial charge in [-0.2, -0.15) is 5.10 Å². The normalized spacial score (nSPS) is 19.9. The Morgan fingerprint density at radius 3 is 2.93 bits per heavy atom. The maximum absolute atomic E-state index is 10.4. The molecule has 148 valence electrons. The zero-order valence-corrected chi connectivity index (χ0v) is 16.5. The zero-order valence-electron chi connectivity index (χ0n) is 15.7. The first-order valence-electron chi connectivity index (χ1n) is 9.46. The van der Waals surface area contributed by atoms with Crippen LogP contribution in [0, 0.1) is 0 Å². The van der Waals surface area contributed by atoms with Crippen LogP contribution in [0.2, 0.25) is 5.02 Å². The van der Waals surface area contributed by atoms with Gasteiger partial charge in [-0.25, -0.2) is 5.01 Å². The van der Waals surface area contributed by atoms with Crippen LogP contribution in [0.1, 0.15) is 42.5 Å². The molecule has 0 amide bonds. The average molecular weight is 411 g/mol. The number of benzene rings is 2. The van der Waals surface area contributed by atoms with Crippen LogP contribution in [-0.4, -0.2) is 22.4 Å². The van der Waals surface area contributed by atoms with Gasteiger partial charge >= 0.3 is 0 Å². The topological polar surface area (TPSA) is 67.4 Å². The number of halogens is 1. The minimum absolute atomic E-state index is 0.0809. The fourth-order valence-corrected chi connectivity index (χ4v) is 4.05.